The third kappa shape index (κ3) is 4.14. The second-order valence-electron chi connectivity index (χ2n) is 5.89. The molecule has 0 aliphatic carbocycles. The summed E-state index contributed by atoms with van der Waals surface area (Å²) in [6.45, 7) is 3.69. The molecule has 6 heteroatoms. The first-order valence-corrected chi connectivity index (χ1v) is 9.41. The van der Waals surface area contributed by atoms with Gasteiger partial charge in [0.05, 0.1) is 7.11 Å². The molecule has 0 amide bonds. The quantitative estimate of drug-likeness (QED) is 0.490. The number of nitrogens with zero attached hydrogens (tertiary/aromatic N) is 2. The summed E-state index contributed by atoms with van der Waals surface area (Å²) < 4.78 is 5.39. The molecule has 26 heavy (non-hydrogen) atoms. The molecule has 0 aliphatic rings. The van der Waals surface area contributed by atoms with Crippen LogP contribution < -0.4 is 4.74 Å². The predicted octanol–water partition coefficient (Wildman–Crippen LogP) is 4.54. The summed E-state index contributed by atoms with van der Waals surface area (Å²) in [6, 6.07) is 13.8. The van der Waals surface area contributed by atoms with Gasteiger partial charge in [0.2, 0.25) is 5.16 Å². The van der Waals surface area contributed by atoms with Crippen molar-refractivity contribution in [2.75, 3.05) is 7.11 Å². The van der Waals surface area contributed by atoms with Crippen LogP contribution in [-0.2, 0) is 12.2 Å². The van der Waals surface area contributed by atoms with Crippen LogP contribution in [-0.4, -0.2) is 28.1 Å². The van der Waals surface area contributed by atoms with E-state index >= 15 is 0 Å². The van der Waals surface area contributed by atoms with Crippen molar-refractivity contribution >= 4 is 17.5 Å². The molecule has 5 nitrogen and oxygen atoms in total. The monoisotopic (exact) mass is 367 g/mol. The van der Waals surface area contributed by atoms with E-state index in [1.165, 1.54) is 17.3 Å². The van der Waals surface area contributed by atoms with Crippen molar-refractivity contribution < 1.29 is 9.53 Å². The van der Waals surface area contributed by atoms with Crippen molar-refractivity contribution in [1.82, 2.24) is 15.2 Å². The molecule has 0 unspecified atom stereocenters. The molecular weight excluding hydrogens is 346 g/mol. The lowest BCUT2D eigenvalue weighted by atomic mass is 10.1. The molecule has 0 aliphatic heterocycles. The number of thioether (sulfide) groups is 1. The smallest absolute Gasteiger partial charge is 0.209 e. The van der Waals surface area contributed by atoms with Crippen LogP contribution in [0.1, 0.15) is 35.3 Å². The maximum absolute atomic E-state index is 11.6. The Balaban J connectivity index is 1.73. The van der Waals surface area contributed by atoms with E-state index in [-0.39, 0.29) is 5.78 Å². The topological polar surface area (TPSA) is 67.9 Å². The fraction of sp³-hybridized carbons (Fsp3) is 0.250. The average Bonchev–Trinajstić information content (AvgIpc) is 3.15. The molecule has 0 saturated carbocycles. The van der Waals surface area contributed by atoms with Gasteiger partial charge in [-0.05, 0) is 37.1 Å². The normalized spacial score (nSPS) is 10.7. The number of rotatable bonds is 7. The number of methoxy groups -OCH3 is 1. The zero-order valence-corrected chi connectivity index (χ0v) is 15.9. The van der Waals surface area contributed by atoms with E-state index in [9.17, 15) is 4.79 Å². The van der Waals surface area contributed by atoms with Gasteiger partial charge in [-0.3, -0.25) is 9.89 Å². The standard InChI is InChI=1S/C20H21N3O2S/c1-4-14-5-7-15(8-6-14)19-21-20(23-22-19)26-12-17-11-16(13(2)24)9-10-18(17)25-3/h5-11H,4,12H2,1-3H3,(H,21,22,23). The third-order valence-electron chi connectivity index (χ3n) is 4.14. The highest BCUT2D eigenvalue weighted by Crippen LogP contribution is 2.28. The summed E-state index contributed by atoms with van der Waals surface area (Å²) in [6.07, 6.45) is 1.01. The minimum absolute atomic E-state index is 0.0367. The van der Waals surface area contributed by atoms with E-state index < -0.39 is 0 Å². The van der Waals surface area contributed by atoms with E-state index in [2.05, 4.69) is 34.2 Å². The Hall–Kier alpha value is -2.60. The van der Waals surface area contributed by atoms with Crippen LogP contribution in [0.25, 0.3) is 11.4 Å². The van der Waals surface area contributed by atoms with Gasteiger partial charge >= 0.3 is 0 Å². The Kier molecular flexibility index (Phi) is 5.73. The largest absolute Gasteiger partial charge is 0.496 e. The van der Waals surface area contributed by atoms with Gasteiger partial charge in [-0.1, -0.05) is 43.0 Å². The van der Waals surface area contributed by atoms with Crippen LogP contribution in [0.5, 0.6) is 5.75 Å². The van der Waals surface area contributed by atoms with Crippen molar-refractivity contribution in [2.24, 2.45) is 0 Å². The van der Waals surface area contributed by atoms with E-state index in [1.807, 2.05) is 24.3 Å². The zero-order valence-electron chi connectivity index (χ0n) is 15.1. The van der Waals surface area contributed by atoms with Gasteiger partial charge < -0.3 is 4.74 Å². The molecule has 0 spiro atoms. The molecule has 0 bridgehead atoms. The highest BCUT2D eigenvalue weighted by molar-refractivity contribution is 7.98. The first-order chi connectivity index (χ1) is 12.6. The van der Waals surface area contributed by atoms with Crippen molar-refractivity contribution in [3.8, 4) is 17.1 Å². The average molecular weight is 367 g/mol. The Morgan fingerprint density at radius 1 is 1.19 bits per heavy atom. The molecule has 134 valence electrons. The number of aryl methyl sites for hydroxylation is 1. The summed E-state index contributed by atoms with van der Waals surface area (Å²) in [5, 5.41) is 7.93. The molecule has 1 aromatic heterocycles. The number of hydrogen-bond acceptors (Lipinski definition) is 5. The Labute approximate surface area is 157 Å². The number of Topliss-reactive ketones (excluding diaryl/α,β-unsaturated/α-hetero) is 1. The van der Waals surface area contributed by atoms with Crippen LogP contribution >= 0.6 is 11.8 Å². The van der Waals surface area contributed by atoms with Gasteiger partial charge in [0, 0.05) is 22.4 Å². The minimum Gasteiger partial charge on any atom is -0.496 e. The summed E-state index contributed by atoms with van der Waals surface area (Å²) >= 11 is 1.50. The number of carbonyl (C=O) groups excluding carboxylic acids is 1. The van der Waals surface area contributed by atoms with Gasteiger partial charge in [-0.15, -0.1) is 5.10 Å². The maximum Gasteiger partial charge on any atom is 0.209 e. The molecule has 1 heterocycles. The van der Waals surface area contributed by atoms with Crippen LogP contribution in [0.4, 0.5) is 0 Å². The van der Waals surface area contributed by atoms with Crippen LogP contribution in [0.15, 0.2) is 47.6 Å². The van der Waals surface area contributed by atoms with Crippen molar-refractivity contribution in [3.05, 3.63) is 59.2 Å². The lowest BCUT2D eigenvalue weighted by Gasteiger charge is -2.08. The molecule has 2 aromatic carbocycles. The molecular formula is C20H21N3O2S. The lowest BCUT2D eigenvalue weighted by molar-refractivity contribution is 0.101. The number of carbonyl (C=O) groups is 1. The number of hydrogen-bond donors (Lipinski definition) is 1. The Morgan fingerprint density at radius 2 is 1.96 bits per heavy atom. The Morgan fingerprint density at radius 3 is 2.62 bits per heavy atom. The van der Waals surface area contributed by atoms with Crippen molar-refractivity contribution in [1.29, 1.82) is 0 Å². The van der Waals surface area contributed by atoms with E-state index in [1.54, 1.807) is 20.1 Å². The number of benzene rings is 2. The zero-order chi connectivity index (χ0) is 18.5. The number of aromatic amines is 1. The molecule has 1 N–H and O–H groups in total. The van der Waals surface area contributed by atoms with Crippen LogP contribution in [0.2, 0.25) is 0 Å². The van der Waals surface area contributed by atoms with Crippen LogP contribution in [0, 0.1) is 0 Å². The highest BCUT2D eigenvalue weighted by Gasteiger charge is 2.11. The third-order valence-corrected chi connectivity index (χ3v) is 5.04. The number of ketones is 1. The Bertz CT molecular complexity index is 904. The number of ether oxygens (including phenoxy) is 1. The summed E-state index contributed by atoms with van der Waals surface area (Å²) in [5.41, 5.74) is 3.93. The molecule has 0 saturated heterocycles. The molecule has 3 rings (SSSR count). The SMILES string of the molecule is CCc1ccc(-c2nc(SCc3cc(C(C)=O)ccc3OC)n[nH]2)cc1. The molecule has 0 fully saturated rings. The second-order valence-corrected chi connectivity index (χ2v) is 6.83. The van der Waals surface area contributed by atoms with Gasteiger partial charge in [-0.2, -0.15) is 0 Å². The first-order valence-electron chi connectivity index (χ1n) is 8.43. The maximum atomic E-state index is 11.6. The van der Waals surface area contributed by atoms with Gasteiger partial charge in [0.1, 0.15) is 5.75 Å². The lowest BCUT2D eigenvalue weighted by Crippen LogP contribution is -1.97. The fourth-order valence-corrected chi connectivity index (χ4v) is 3.37. The van der Waals surface area contributed by atoms with Crippen LogP contribution in [0.3, 0.4) is 0 Å². The molecule has 3 aromatic rings. The highest BCUT2D eigenvalue weighted by atomic mass is 32.2. The molecule has 0 atom stereocenters. The van der Waals surface area contributed by atoms with Crippen molar-refractivity contribution in [3.63, 3.8) is 0 Å². The number of H-pyrrole nitrogens is 1. The van der Waals surface area contributed by atoms with E-state index in [0.29, 0.717) is 16.5 Å². The van der Waals surface area contributed by atoms with Gasteiger partial charge in [0.25, 0.3) is 0 Å². The van der Waals surface area contributed by atoms with Crippen molar-refractivity contribution in [2.45, 2.75) is 31.2 Å². The summed E-state index contributed by atoms with van der Waals surface area (Å²) in [7, 11) is 1.63. The molecule has 0 radical (unpaired) electrons. The summed E-state index contributed by atoms with van der Waals surface area (Å²) in [4.78, 5) is 16.2. The van der Waals surface area contributed by atoms with Gasteiger partial charge in [0.15, 0.2) is 11.6 Å². The minimum atomic E-state index is 0.0367. The van der Waals surface area contributed by atoms with E-state index in [4.69, 9.17) is 4.74 Å². The van der Waals surface area contributed by atoms with Gasteiger partial charge in [-0.25, -0.2) is 4.98 Å². The fourth-order valence-electron chi connectivity index (χ4n) is 2.59. The second kappa shape index (κ2) is 8.19. The van der Waals surface area contributed by atoms with E-state index in [0.717, 1.165) is 29.1 Å². The summed E-state index contributed by atoms with van der Waals surface area (Å²) in [5.74, 6) is 2.17. The predicted molar refractivity (Wildman–Crippen MR) is 104 cm³/mol. The first kappa shape index (κ1) is 18.2. The number of aromatic nitrogens is 3. The number of nitrogens with one attached hydrogen (secondary N) is 1.